The maximum absolute atomic E-state index is 12.0. The highest BCUT2D eigenvalue weighted by Gasteiger charge is 2.19. The van der Waals surface area contributed by atoms with Crippen molar-refractivity contribution in [2.45, 2.75) is 26.3 Å². The molecule has 0 radical (unpaired) electrons. The van der Waals surface area contributed by atoms with Gasteiger partial charge in [-0.3, -0.25) is 0 Å². The third-order valence-electron chi connectivity index (χ3n) is 3.07. The molecule has 0 aromatic heterocycles. The topological polar surface area (TPSA) is 55.8 Å². The van der Waals surface area contributed by atoms with E-state index in [-0.39, 0.29) is 12.5 Å². The van der Waals surface area contributed by atoms with Crippen LogP contribution in [0.15, 0.2) is 18.2 Å². The highest BCUT2D eigenvalue weighted by Crippen LogP contribution is 2.32. The van der Waals surface area contributed by atoms with E-state index in [2.05, 4.69) is 0 Å². The van der Waals surface area contributed by atoms with Crippen LogP contribution in [0.5, 0.6) is 11.5 Å². The van der Waals surface area contributed by atoms with E-state index in [1.54, 1.807) is 7.05 Å². The minimum absolute atomic E-state index is 0.199. The van der Waals surface area contributed by atoms with Crippen molar-refractivity contribution < 1.29 is 17.9 Å². The Morgan fingerprint density at radius 1 is 1.26 bits per heavy atom. The summed E-state index contributed by atoms with van der Waals surface area (Å²) in [6.07, 6.45) is 1.56. The first kappa shape index (κ1) is 14.1. The SMILES string of the molecule is CCCCS(=O)(=O)N(C)Cc1ccc2c(c1)OCO2. The number of ether oxygens (including phenoxy) is 2. The van der Waals surface area contributed by atoms with Gasteiger partial charge in [-0.2, -0.15) is 0 Å². The number of sulfonamides is 1. The number of rotatable bonds is 6. The second-order valence-electron chi connectivity index (χ2n) is 4.61. The fraction of sp³-hybridized carbons (Fsp3) is 0.538. The zero-order chi connectivity index (χ0) is 13.9. The standard InChI is InChI=1S/C13H19NO4S/c1-3-4-7-19(15,16)14(2)9-11-5-6-12-13(8-11)18-10-17-12/h5-6,8H,3-4,7,9-10H2,1-2H3. The molecule has 0 saturated carbocycles. The van der Waals surface area contributed by atoms with Crippen molar-refractivity contribution in [2.75, 3.05) is 19.6 Å². The lowest BCUT2D eigenvalue weighted by Crippen LogP contribution is -2.28. The molecule has 0 bridgehead atoms. The van der Waals surface area contributed by atoms with E-state index in [4.69, 9.17) is 9.47 Å². The van der Waals surface area contributed by atoms with Crippen LogP contribution in [0.4, 0.5) is 0 Å². The number of hydrogen-bond acceptors (Lipinski definition) is 4. The smallest absolute Gasteiger partial charge is 0.231 e. The summed E-state index contributed by atoms with van der Waals surface area (Å²) < 4.78 is 35.9. The molecule has 0 N–H and O–H groups in total. The first-order chi connectivity index (χ1) is 9.03. The number of fused-ring (bicyclic) bond motifs is 1. The molecular weight excluding hydrogens is 266 g/mol. The maximum Gasteiger partial charge on any atom is 0.231 e. The van der Waals surface area contributed by atoms with Gasteiger partial charge in [-0.15, -0.1) is 0 Å². The summed E-state index contributed by atoms with van der Waals surface area (Å²) >= 11 is 0. The van der Waals surface area contributed by atoms with Gasteiger partial charge in [0, 0.05) is 13.6 Å². The van der Waals surface area contributed by atoms with Crippen molar-refractivity contribution in [1.29, 1.82) is 0 Å². The summed E-state index contributed by atoms with van der Waals surface area (Å²) in [4.78, 5) is 0. The normalized spacial score (nSPS) is 14.1. The van der Waals surface area contributed by atoms with Crippen LogP contribution in [-0.4, -0.2) is 32.3 Å². The molecule has 1 heterocycles. The molecule has 0 spiro atoms. The molecule has 0 aliphatic carbocycles. The van der Waals surface area contributed by atoms with Crippen LogP contribution in [-0.2, 0) is 16.6 Å². The van der Waals surface area contributed by atoms with E-state index in [1.807, 2.05) is 25.1 Å². The molecule has 1 aromatic carbocycles. The van der Waals surface area contributed by atoms with Crippen LogP contribution < -0.4 is 9.47 Å². The first-order valence-electron chi connectivity index (χ1n) is 6.35. The quantitative estimate of drug-likeness (QED) is 0.802. The number of nitrogens with zero attached hydrogens (tertiary/aromatic N) is 1. The van der Waals surface area contributed by atoms with Crippen molar-refractivity contribution in [1.82, 2.24) is 4.31 Å². The molecule has 1 aliphatic rings. The molecule has 1 aromatic rings. The van der Waals surface area contributed by atoms with Crippen molar-refractivity contribution >= 4 is 10.0 Å². The fourth-order valence-corrected chi connectivity index (χ4v) is 3.19. The van der Waals surface area contributed by atoms with E-state index in [1.165, 1.54) is 4.31 Å². The number of benzene rings is 1. The summed E-state index contributed by atoms with van der Waals surface area (Å²) in [7, 11) is -1.57. The lowest BCUT2D eigenvalue weighted by Gasteiger charge is -2.17. The monoisotopic (exact) mass is 285 g/mol. The Kier molecular flexibility index (Phi) is 4.31. The molecular formula is C13H19NO4S. The predicted octanol–water partition coefficient (Wildman–Crippen LogP) is 1.98. The fourth-order valence-electron chi connectivity index (χ4n) is 1.88. The van der Waals surface area contributed by atoms with E-state index < -0.39 is 10.0 Å². The lowest BCUT2D eigenvalue weighted by atomic mass is 10.2. The number of hydrogen-bond donors (Lipinski definition) is 0. The number of unbranched alkanes of at least 4 members (excludes halogenated alkanes) is 1. The molecule has 0 amide bonds. The third-order valence-corrected chi connectivity index (χ3v) is 4.96. The summed E-state index contributed by atoms with van der Waals surface area (Å²) in [6, 6.07) is 5.50. The molecule has 0 atom stereocenters. The predicted molar refractivity (Wildman–Crippen MR) is 72.7 cm³/mol. The second-order valence-corrected chi connectivity index (χ2v) is 6.81. The largest absolute Gasteiger partial charge is 0.454 e. The average Bonchev–Trinajstić information content (AvgIpc) is 2.83. The summed E-state index contributed by atoms with van der Waals surface area (Å²) in [5.74, 6) is 1.59. The van der Waals surface area contributed by atoms with Crippen molar-refractivity contribution in [2.24, 2.45) is 0 Å². The van der Waals surface area contributed by atoms with Gasteiger partial charge in [-0.1, -0.05) is 19.4 Å². The summed E-state index contributed by atoms with van der Waals surface area (Å²) in [6.45, 7) is 2.56. The van der Waals surface area contributed by atoms with Crippen LogP contribution in [0.3, 0.4) is 0 Å². The highest BCUT2D eigenvalue weighted by molar-refractivity contribution is 7.89. The molecule has 6 heteroatoms. The molecule has 0 fully saturated rings. The molecule has 19 heavy (non-hydrogen) atoms. The maximum atomic E-state index is 12.0. The van der Waals surface area contributed by atoms with Crippen LogP contribution in [0, 0.1) is 0 Å². The van der Waals surface area contributed by atoms with E-state index in [9.17, 15) is 8.42 Å². The third kappa shape index (κ3) is 3.39. The van der Waals surface area contributed by atoms with Gasteiger partial charge in [0.1, 0.15) is 0 Å². The average molecular weight is 285 g/mol. The Balaban J connectivity index is 2.04. The summed E-state index contributed by atoms with van der Waals surface area (Å²) in [5.41, 5.74) is 0.895. The van der Waals surface area contributed by atoms with Crippen molar-refractivity contribution in [3.8, 4) is 11.5 Å². The van der Waals surface area contributed by atoms with Crippen LogP contribution >= 0.6 is 0 Å². The van der Waals surface area contributed by atoms with Gasteiger partial charge in [-0.05, 0) is 24.1 Å². The van der Waals surface area contributed by atoms with E-state index >= 15 is 0 Å². The van der Waals surface area contributed by atoms with Crippen molar-refractivity contribution in [3.05, 3.63) is 23.8 Å². The molecule has 5 nitrogen and oxygen atoms in total. The zero-order valence-electron chi connectivity index (χ0n) is 11.3. The van der Waals surface area contributed by atoms with Gasteiger partial charge >= 0.3 is 0 Å². The van der Waals surface area contributed by atoms with Crippen LogP contribution in [0.2, 0.25) is 0 Å². The summed E-state index contributed by atoms with van der Waals surface area (Å²) in [5, 5.41) is 0. The molecule has 1 aliphatic heterocycles. The molecule has 2 rings (SSSR count). The van der Waals surface area contributed by atoms with Gasteiger partial charge in [0.15, 0.2) is 11.5 Å². The molecule has 106 valence electrons. The minimum atomic E-state index is -3.17. The molecule has 0 unspecified atom stereocenters. The van der Waals surface area contributed by atoms with Gasteiger partial charge in [-0.25, -0.2) is 12.7 Å². The Morgan fingerprint density at radius 2 is 2.00 bits per heavy atom. The Hall–Kier alpha value is -1.27. The highest BCUT2D eigenvalue weighted by atomic mass is 32.2. The Bertz CT molecular complexity index is 542. The van der Waals surface area contributed by atoms with Gasteiger partial charge in [0.2, 0.25) is 16.8 Å². The lowest BCUT2D eigenvalue weighted by molar-refractivity contribution is 0.174. The second kappa shape index (κ2) is 5.79. The van der Waals surface area contributed by atoms with Crippen LogP contribution in [0.1, 0.15) is 25.3 Å². The van der Waals surface area contributed by atoms with E-state index in [0.29, 0.717) is 24.5 Å². The Morgan fingerprint density at radius 3 is 2.74 bits per heavy atom. The van der Waals surface area contributed by atoms with Gasteiger partial charge in [0.25, 0.3) is 0 Å². The van der Waals surface area contributed by atoms with Gasteiger partial charge in [0.05, 0.1) is 5.75 Å². The Labute approximate surface area is 114 Å². The molecule has 0 saturated heterocycles. The van der Waals surface area contributed by atoms with Crippen molar-refractivity contribution in [3.63, 3.8) is 0 Å². The zero-order valence-corrected chi connectivity index (χ0v) is 12.1. The van der Waals surface area contributed by atoms with E-state index in [0.717, 1.165) is 12.0 Å². The van der Waals surface area contributed by atoms with Crippen LogP contribution in [0.25, 0.3) is 0 Å². The minimum Gasteiger partial charge on any atom is -0.454 e. The first-order valence-corrected chi connectivity index (χ1v) is 7.96. The van der Waals surface area contributed by atoms with Gasteiger partial charge < -0.3 is 9.47 Å².